The highest BCUT2D eigenvalue weighted by Gasteiger charge is 2.14. The smallest absolute Gasteiger partial charge is 0.307 e. The van der Waals surface area contributed by atoms with E-state index >= 15 is 0 Å². The quantitative estimate of drug-likeness (QED) is 0.281. The highest BCUT2D eigenvalue weighted by molar-refractivity contribution is 7.59. The molecule has 1 heterocycles. The molecule has 164 valence electrons. The van der Waals surface area contributed by atoms with E-state index in [1.54, 1.807) is 0 Å². The Morgan fingerprint density at radius 2 is 1.09 bits per heavy atom. The molecular weight excluding hydrogens is 445 g/mol. The molecule has 0 amide bonds. The molecule has 1 unspecified atom stereocenters. The van der Waals surface area contributed by atoms with Gasteiger partial charge in [0.05, 0.1) is 0 Å². The number of rotatable bonds is 3. The Kier molecular flexibility index (Phi) is 5.90. The lowest BCUT2D eigenvalue weighted by Crippen LogP contribution is -2.02. The van der Waals surface area contributed by atoms with Crippen molar-refractivity contribution in [1.82, 2.24) is 0 Å². The number of hydrogen-bond acceptors (Lipinski definition) is 3. The first-order valence-corrected chi connectivity index (χ1v) is 12.0. The van der Waals surface area contributed by atoms with E-state index < -0.39 is 8.16 Å². The minimum absolute atomic E-state index is 0. The molecule has 0 saturated carbocycles. The SMILES string of the molecule is CC(Np1oc2ccc3ccccc3c2c2c(ccc3ccccc32)o1)c1ccccc1.S. The summed E-state index contributed by atoms with van der Waals surface area (Å²) in [7, 11) is -1.40. The van der Waals surface area contributed by atoms with E-state index in [1.807, 2.05) is 6.07 Å². The van der Waals surface area contributed by atoms with Crippen molar-refractivity contribution in [2.75, 3.05) is 5.09 Å². The minimum atomic E-state index is -1.40. The van der Waals surface area contributed by atoms with Gasteiger partial charge in [0.15, 0.2) is 0 Å². The minimum Gasteiger partial charge on any atom is -0.408 e. The molecule has 0 spiro atoms. The van der Waals surface area contributed by atoms with Crippen LogP contribution in [0.2, 0.25) is 0 Å². The van der Waals surface area contributed by atoms with E-state index in [4.69, 9.17) is 8.39 Å². The number of nitrogens with one attached hydrogen (secondary N) is 1. The van der Waals surface area contributed by atoms with Crippen LogP contribution in [0, 0.1) is 0 Å². The Hall–Kier alpha value is -3.17. The Balaban J connectivity index is 0.00000228. The molecule has 33 heavy (non-hydrogen) atoms. The first-order chi connectivity index (χ1) is 15.8. The van der Waals surface area contributed by atoms with Gasteiger partial charge < -0.3 is 8.39 Å². The maximum atomic E-state index is 6.52. The molecule has 3 nitrogen and oxygen atoms in total. The van der Waals surface area contributed by atoms with Crippen LogP contribution in [0.5, 0.6) is 0 Å². The number of fused-ring (bicyclic) bond motifs is 7. The second-order valence-electron chi connectivity index (χ2n) is 8.02. The van der Waals surface area contributed by atoms with Crippen LogP contribution >= 0.6 is 21.7 Å². The second kappa shape index (κ2) is 8.99. The maximum Gasteiger partial charge on any atom is 0.307 e. The highest BCUT2D eigenvalue weighted by atomic mass is 32.1. The molecule has 0 saturated heterocycles. The normalized spacial score (nSPS) is 12.2. The van der Waals surface area contributed by atoms with Crippen LogP contribution in [-0.4, -0.2) is 0 Å². The van der Waals surface area contributed by atoms with E-state index in [0.717, 1.165) is 21.9 Å². The molecule has 1 aromatic heterocycles. The van der Waals surface area contributed by atoms with Gasteiger partial charge in [0, 0.05) is 16.8 Å². The molecule has 0 aliphatic rings. The molecule has 0 radical (unpaired) electrons. The highest BCUT2D eigenvalue weighted by Crippen LogP contribution is 2.41. The summed E-state index contributed by atoms with van der Waals surface area (Å²) in [5, 5.41) is 10.5. The zero-order valence-corrected chi connectivity index (χ0v) is 20.1. The molecule has 5 aromatic carbocycles. The van der Waals surface area contributed by atoms with Crippen LogP contribution < -0.4 is 5.09 Å². The zero-order valence-electron chi connectivity index (χ0n) is 18.2. The van der Waals surface area contributed by atoms with Crippen molar-refractivity contribution in [2.45, 2.75) is 13.0 Å². The molecule has 5 heteroatoms. The van der Waals surface area contributed by atoms with Crippen LogP contribution in [0.15, 0.2) is 112 Å². The molecule has 0 fully saturated rings. The van der Waals surface area contributed by atoms with Crippen LogP contribution in [0.25, 0.3) is 43.5 Å². The van der Waals surface area contributed by atoms with Gasteiger partial charge in [-0.3, -0.25) is 0 Å². The van der Waals surface area contributed by atoms with E-state index in [0.29, 0.717) is 0 Å². The zero-order chi connectivity index (χ0) is 21.5. The van der Waals surface area contributed by atoms with Gasteiger partial charge in [-0.2, -0.15) is 13.5 Å². The van der Waals surface area contributed by atoms with Gasteiger partial charge in [0.1, 0.15) is 11.2 Å². The van der Waals surface area contributed by atoms with Crippen molar-refractivity contribution in [3.05, 3.63) is 109 Å². The number of benzene rings is 5. The van der Waals surface area contributed by atoms with Crippen molar-refractivity contribution in [1.29, 1.82) is 0 Å². The monoisotopic (exact) mass is 469 g/mol. The molecule has 0 aliphatic heterocycles. The van der Waals surface area contributed by atoms with Crippen molar-refractivity contribution < 1.29 is 8.39 Å². The molecular formula is C28H24NO2PS. The van der Waals surface area contributed by atoms with Crippen molar-refractivity contribution in [2.24, 2.45) is 0 Å². The molecule has 6 aromatic rings. The maximum absolute atomic E-state index is 6.52. The van der Waals surface area contributed by atoms with Gasteiger partial charge in [0.2, 0.25) is 0 Å². The lowest BCUT2D eigenvalue weighted by Gasteiger charge is -2.11. The first-order valence-electron chi connectivity index (χ1n) is 10.8. The topological polar surface area (TPSA) is 38.3 Å². The second-order valence-corrected chi connectivity index (χ2v) is 9.16. The molecule has 0 aliphatic carbocycles. The lowest BCUT2D eigenvalue weighted by molar-refractivity contribution is 0.637. The third-order valence-corrected chi connectivity index (χ3v) is 7.32. The van der Waals surface area contributed by atoms with E-state index in [1.165, 1.54) is 27.1 Å². The molecule has 6 rings (SSSR count). The van der Waals surface area contributed by atoms with E-state index in [2.05, 4.69) is 109 Å². The molecule has 1 atom stereocenters. The third-order valence-electron chi connectivity index (χ3n) is 5.99. The van der Waals surface area contributed by atoms with Gasteiger partial charge >= 0.3 is 8.16 Å². The van der Waals surface area contributed by atoms with Gasteiger partial charge in [-0.25, -0.2) is 5.09 Å². The van der Waals surface area contributed by atoms with E-state index in [-0.39, 0.29) is 19.5 Å². The van der Waals surface area contributed by atoms with Crippen LogP contribution in [0.4, 0.5) is 0 Å². The van der Waals surface area contributed by atoms with Crippen LogP contribution in [-0.2, 0) is 0 Å². The van der Waals surface area contributed by atoms with Gasteiger partial charge in [-0.15, -0.1) is 0 Å². The average molecular weight is 470 g/mol. The predicted molar refractivity (Wildman–Crippen MR) is 146 cm³/mol. The first kappa shape index (κ1) is 21.7. The fourth-order valence-corrected chi connectivity index (χ4v) is 5.66. The summed E-state index contributed by atoms with van der Waals surface area (Å²) in [4.78, 5) is 0. The van der Waals surface area contributed by atoms with Crippen molar-refractivity contribution in [3.8, 4) is 0 Å². The molecule has 1 N–H and O–H groups in total. The summed E-state index contributed by atoms with van der Waals surface area (Å²) >= 11 is 0. The standard InChI is InChI=1S/C28H22NO2P.H2S/c1-19(20-9-3-2-4-10-20)29-32-30-25-17-15-21-11-5-7-13-23(21)27(25)28-24-14-8-6-12-22(24)16-18-26(28)31-32;/h2-19,29H,1H3;1H2. The summed E-state index contributed by atoms with van der Waals surface area (Å²) in [6.07, 6.45) is 0. The Labute approximate surface area is 200 Å². The van der Waals surface area contributed by atoms with Gasteiger partial charge in [0.25, 0.3) is 0 Å². The third kappa shape index (κ3) is 3.91. The van der Waals surface area contributed by atoms with E-state index in [9.17, 15) is 0 Å². The van der Waals surface area contributed by atoms with Crippen LogP contribution in [0.1, 0.15) is 18.5 Å². The largest absolute Gasteiger partial charge is 0.408 e. The predicted octanol–water partition coefficient (Wildman–Crippen LogP) is 9.01. The van der Waals surface area contributed by atoms with Crippen molar-refractivity contribution in [3.63, 3.8) is 0 Å². The fraction of sp³-hybridized carbons (Fsp3) is 0.0714. The fourth-order valence-electron chi connectivity index (χ4n) is 4.40. The summed E-state index contributed by atoms with van der Waals surface area (Å²) in [6, 6.07) is 35.8. The van der Waals surface area contributed by atoms with Gasteiger partial charge in [-0.05, 0) is 46.2 Å². The summed E-state index contributed by atoms with van der Waals surface area (Å²) in [6.45, 7) is 2.14. The van der Waals surface area contributed by atoms with Gasteiger partial charge in [-0.1, -0.05) is 91.0 Å². The van der Waals surface area contributed by atoms with Crippen molar-refractivity contribution >= 4 is 65.1 Å². The number of hydrogen-bond donors (Lipinski definition) is 1. The Morgan fingerprint density at radius 1 is 0.606 bits per heavy atom. The summed E-state index contributed by atoms with van der Waals surface area (Å²) < 4.78 is 13.0. The van der Waals surface area contributed by atoms with Crippen LogP contribution in [0.3, 0.4) is 0 Å². The Morgan fingerprint density at radius 3 is 1.64 bits per heavy atom. The Bertz CT molecular complexity index is 1530. The summed E-state index contributed by atoms with van der Waals surface area (Å²) in [5.41, 5.74) is 2.89. The molecule has 0 bridgehead atoms. The average Bonchev–Trinajstić information content (AvgIpc) is 3.01. The lowest BCUT2D eigenvalue weighted by atomic mass is 9.99. The summed E-state index contributed by atoms with van der Waals surface area (Å²) in [5.74, 6) is 0.